The van der Waals surface area contributed by atoms with Gasteiger partial charge in [-0.1, -0.05) is 18.1 Å². The second-order valence-electron chi connectivity index (χ2n) is 4.16. The third kappa shape index (κ3) is 5.70. The summed E-state index contributed by atoms with van der Waals surface area (Å²) < 4.78 is 0. The van der Waals surface area contributed by atoms with E-state index in [1.165, 1.54) is 4.90 Å². The van der Waals surface area contributed by atoms with E-state index in [1.807, 2.05) is 25.1 Å². The van der Waals surface area contributed by atoms with E-state index < -0.39 is 5.97 Å². The zero-order valence-corrected chi connectivity index (χ0v) is 10.7. The Morgan fingerprint density at radius 2 is 2.16 bits per heavy atom. The van der Waals surface area contributed by atoms with Gasteiger partial charge in [0.1, 0.15) is 0 Å². The number of aliphatic carboxylic acids is 1. The van der Waals surface area contributed by atoms with Crippen molar-refractivity contribution in [2.75, 3.05) is 25.0 Å². The molecule has 1 amide bonds. The highest BCUT2D eigenvalue weighted by molar-refractivity contribution is 5.92. The lowest BCUT2D eigenvalue weighted by Gasteiger charge is -2.16. The van der Waals surface area contributed by atoms with E-state index in [9.17, 15) is 9.59 Å². The van der Waals surface area contributed by atoms with Crippen LogP contribution in [0.1, 0.15) is 5.56 Å². The second kappa shape index (κ2) is 7.19. The quantitative estimate of drug-likeness (QED) is 0.747. The Balaban J connectivity index is 2.57. The van der Waals surface area contributed by atoms with Crippen LogP contribution in [0.3, 0.4) is 0 Å². The van der Waals surface area contributed by atoms with Crippen molar-refractivity contribution in [3.05, 3.63) is 29.8 Å². The highest BCUT2D eigenvalue weighted by Crippen LogP contribution is 2.09. The van der Waals surface area contributed by atoms with E-state index in [4.69, 9.17) is 11.5 Å². The summed E-state index contributed by atoms with van der Waals surface area (Å²) in [6.07, 6.45) is 5.14. The maximum Gasteiger partial charge on any atom is 0.317 e. The predicted molar refractivity (Wildman–Crippen MR) is 72.7 cm³/mol. The van der Waals surface area contributed by atoms with Gasteiger partial charge in [0.15, 0.2) is 0 Å². The van der Waals surface area contributed by atoms with Crippen molar-refractivity contribution in [3.8, 4) is 12.3 Å². The van der Waals surface area contributed by atoms with Gasteiger partial charge in [0.2, 0.25) is 5.91 Å². The van der Waals surface area contributed by atoms with Crippen LogP contribution in [-0.2, 0) is 9.59 Å². The van der Waals surface area contributed by atoms with Gasteiger partial charge in [0.25, 0.3) is 0 Å². The monoisotopic (exact) mass is 260 g/mol. The van der Waals surface area contributed by atoms with Crippen LogP contribution >= 0.6 is 0 Å². The molecule has 1 rings (SSSR count). The number of anilines is 1. The number of carbonyl (C=O) groups is 2. The number of nitrogens with one attached hydrogen (secondary N) is 1. The molecule has 0 fully saturated rings. The maximum atomic E-state index is 11.8. The lowest BCUT2D eigenvalue weighted by Crippen LogP contribution is -2.37. The van der Waals surface area contributed by atoms with Crippen molar-refractivity contribution >= 4 is 17.6 Å². The van der Waals surface area contributed by atoms with E-state index in [1.54, 1.807) is 6.07 Å². The topological polar surface area (TPSA) is 69.6 Å². The van der Waals surface area contributed by atoms with Gasteiger partial charge >= 0.3 is 5.97 Å². The van der Waals surface area contributed by atoms with Crippen molar-refractivity contribution in [3.63, 3.8) is 0 Å². The van der Waals surface area contributed by atoms with Gasteiger partial charge in [-0.05, 0) is 24.6 Å². The first-order valence-electron chi connectivity index (χ1n) is 5.75. The van der Waals surface area contributed by atoms with Gasteiger partial charge in [-0.25, -0.2) is 0 Å². The molecule has 0 unspecified atom stereocenters. The summed E-state index contributed by atoms with van der Waals surface area (Å²) in [5.41, 5.74) is 1.71. The number of carboxylic acids is 1. The Hall–Kier alpha value is -2.32. The minimum Gasteiger partial charge on any atom is -0.480 e. The Morgan fingerprint density at radius 3 is 2.74 bits per heavy atom. The van der Waals surface area contributed by atoms with Crippen LogP contribution in [0.4, 0.5) is 5.69 Å². The first-order chi connectivity index (χ1) is 9.01. The normalized spacial score (nSPS) is 9.95. The molecule has 5 nitrogen and oxygen atoms in total. The second-order valence-corrected chi connectivity index (χ2v) is 4.16. The van der Waals surface area contributed by atoms with Crippen molar-refractivity contribution in [2.45, 2.75) is 6.92 Å². The standard InChI is InChI=1S/C14H16N2O3/c1-3-7-16(10-14(18)19)9-13(17)15-12-6-4-5-11(2)8-12/h1,4-6,8H,7,9-10H2,2H3,(H,15,17)(H,18,19). The van der Waals surface area contributed by atoms with Crippen molar-refractivity contribution in [2.24, 2.45) is 0 Å². The molecule has 19 heavy (non-hydrogen) atoms. The van der Waals surface area contributed by atoms with Crippen LogP contribution in [0.15, 0.2) is 24.3 Å². The molecular formula is C14H16N2O3. The van der Waals surface area contributed by atoms with Gasteiger partial charge in [-0.2, -0.15) is 0 Å². The number of carbonyl (C=O) groups excluding carboxylic acids is 1. The number of rotatable bonds is 6. The van der Waals surface area contributed by atoms with Gasteiger partial charge in [0.05, 0.1) is 19.6 Å². The third-order valence-corrected chi connectivity index (χ3v) is 2.34. The summed E-state index contributed by atoms with van der Waals surface area (Å²) in [5, 5.41) is 11.4. The zero-order valence-electron chi connectivity index (χ0n) is 10.7. The third-order valence-electron chi connectivity index (χ3n) is 2.34. The number of amides is 1. The van der Waals surface area contributed by atoms with E-state index in [-0.39, 0.29) is 25.5 Å². The van der Waals surface area contributed by atoms with E-state index in [0.29, 0.717) is 5.69 Å². The minimum absolute atomic E-state index is 0.0511. The molecule has 2 N–H and O–H groups in total. The molecule has 0 aromatic heterocycles. The lowest BCUT2D eigenvalue weighted by atomic mass is 10.2. The fraction of sp³-hybridized carbons (Fsp3) is 0.286. The molecule has 0 saturated carbocycles. The SMILES string of the molecule is C#CCN(CC(=O)O)CC(=O)Nc1cccc(C)c1. The predicted octanol–water partition coefficient (Wildman–Crippen LogP) is 0.953. The van der Waals surface area contributed by atoms with Gasteiger partial charge in [-0.15, -0.1) is 6.42 Å². The zero-order chi connectivity index (χ0) is 14.3. The number of nitrogens with zero attached hydrogens (tertiary/aromatic N) is 1. The summed E-state index contributed by atoms with van der Waals surface area (Å²) in [7, 11) is 0. The summed E-state index contributed by atoms with van der Waals surface area (Å²) in [5.74, 6) is 1.03. The highest BCUT2D eigenvalue weighted by Gasteiger charge is 2.13. The fourth-order valence-electron chi connectivity index (χ4n) is 1.61. The molecule has 0 atom stereocenters. The summed E-state index contributed by atoms with van der Waals surface area (Å²) in [6.45, 7) is 1.73. The average Bonchev–Trinajstić information content (AvgIpc) is 2.27. The Morgan fingerprint density at radius 1 is 1.42 bits per heavy atom. The maximum absolute atomic E-state index is 11.8. The lowest BCUT2D eigenvalue weighted by molar-refractivity contribution is -0.138. The molecule has 1 aromatic rings. The molecule has 1 aromatic carbocycles. The van der Waals surface area contributed by atoms with E-state index >= 15 is 0 Å². The summed E-state index contributed by atoms with van der Waals surface area (Å²) >= 11 is 0. The van der Waals surface area contributed by atoms with Crippen LogP contribution in [0.2, 0.25) is 0 Å². The van der Waals surface area contributed by atoms with E-state index in [2.05, 4.69) is 11.2 Å². The van der Waals surface area contributed by atoms with Gasteiger partial charge in [0, 0.05) is 5.69 Å². The first-order valence-corrected chi connectivity index (χ1v) is 5.75. The van der Waals surface area contributed by atoms with Crippen molar-refractivity contribution in [1.82, 2.24) is 4.90 Å². The molecule has 0 heterocycles. The molecule has 0 saturated heterocycles. The molecular weight excluding hydrogens is 244 g/mol. The van der Waals surface area contributed by atoms with Crippen LogP contribution in [0.25, 0.3) is 0 Å². The van der Waals surface area contributed by atoms with Crippen LogP contribution < -0.4 is 5.32 Å². The minimum atomic E-state index is -1.02. The number of aryl methyl sites for hydroxylation is 1. The van der Waals surface area contributed by atoms with Crippen LogP contribution in [-0.4, -0.2) is 41.5 Å². The molecule has 0 radical (unpaired) electrons. The Bertz CT molecular complexity index is 506. The number of carboxylic acid groups (broad SMARTS) is 1. The molecule has 0 aliphatic carbocycles. The Kier molecular flexibility index (Phi) is 5.58. The number of hydrogen-bond donors (Lipinski definition) is 2. The van der Waals surface area contributed by atoms with Crippen LogP contribution in [0, 0.1) is 19.3 Å². The molecule has 0 aliphatic rings. The fourth-order valence-corrected chi connectivity index (χ4v) is 1.61. The average molecular weight is 260 g/mol. The van der Waals surface area contributed by atoms with Crippen LogP contribution in [0.5, 0.6) is 0 Å². The molecule has 0 aliphatic heterocycles. The summed E-state index contributed by atoms with van der Waals surface area (Å²) in [4.78, 5) is 23.8. The number of hydrogen-bond acceptors (Lipinski definition) is 3. The smallest absolute Gasteiger partial charge is 0.317 e. The number of benzene rings is 1. The molecule has 0 spiro atoms. The number of terminal acetylenes is 1. The van der Waals surface area contributed by atoms with Gasteiger partial charge in [-0.3, -0.25) is 14.5 Å². The first kappa shape index (κ1) is 14.7. The Labute approximate surface area is 112 Å². The van der Waals surface area contributed by atoms with E-state index in [0.717, 1.165) is 5.56 Å². The highest BCUT2D eigenvalue weighted by atomic mass is 16.4. The molecule has 0 bridgehead atoms. The van der Waals surface area contributed by atoms with Crippen molar-refractivity contribution < 1.29 is 14.7 Å². The summed E-state index contributed by atoms with van der Waals surface area (Å²) in [6, 6.07) is 7.36. The largest absolute Gasteiger partial charge is 0.480 e. The van der Waals surface area contributed by atoms with Gasteiger partial charge < -0.3 is 10.4 Å². The molecule has 5 heteroatoms. The van der Waals surface area contributed by atoms with Crippen molar-refractivity contribution in [1.29, 1.82) is 0 Å². The molecule has 100 valence electrons.